The van der Waals surface area contributed by atoms with Crippen molar-refractivity contribution in [3.8, 4) is 22.6 Å². The molecule has 0 amide bonds. The van der Waals surface area contributed by atoms with Gasteiger partial charge in [-0.1, -0.05) is 0 Å². The number of carbonyl (C=O) groups is 2. The number of hydrogen-bond acceptors (Lipinski definition) is 4. The fourth-order valence-electron chi connectivity index (χ4n) is 2.96. The Balaban J connectivity index is 2.56. The summed E-state index contributed by atoms with van der Waals surface area (Å²) in [5.41, 5.74) is 5.39. The minimum Gasteiger partial charge on any atom is -0.449 e. The Morgan fingerprint density at radius 2 is 0.917 bits per heavy atom. The first kappa shape index (κ1) is 17.3. The Labute approximate surface area is 139 Å². The smallest absolute Gasteiger partial charge is 0.449 e. The van der Waals surface area contributed by atoms with Crippen molar-refractivity contribution in [3.05, 3.63) is 46.5 Å². The van der Waals surface area contributed by atoms with Crippen molar-refractivity contribution in [2.45, 2.75) is 27.7 Å². The van der Waals surface area contributed by atoms with Crippen molar-refractivity contribution in [2.75, 3.05) is 0 Å². The van der Waals surface area contributed by atoms with Crippen LogP contribution in [-0.4, -0.2) is 22.5 Å². The average Bonchev–Trinajstić information content (AvgIpc) is 2.39. The van der Waals surface area contributed by atoms with E-state index in [1.54, 1.807) is 24.3 Å². The average molecular weight is 330 g/mol. The second-order valence-corrected chi connectivity index (χ2v) is 5.60. The molecule has 2 N–H and O–H groups in total. The van der Waals surface area contributed by atoms with Gasteiger partial charge in [-0.05, 0) is 85.3 Å². The van der Waals surface area contributed by atoms with Crippen LogP contribution in [0.2, 0.25) is 0 Å². The maximum absolute atomic E-state index is 10.7. The molecule has 6 heteroatoms. The van der Waals surface area contributed by atoms with E-state index in [1.807, 2.05) is 27.7 Å². The molecule has 0 unspecified atom stereocenters. The third-order valence-corrected chi connectivity index (χ3v) is 3.67. The van der Waals surface area contributed by atoms with Gasteiger partial charge in [-0.25, -0.2) is 9.59 Å². The van der Waals surface area contributed by atoms with Crippen LogP contribution in [-0.2, 0) is 0 Å². The zero-order valence-electron chi connectivity index (χ0n) is 13.8. The van der Waals surface area contributed by atoms with Gasteiger partial charge in [0.25, 0.3) is 0 Å². The molecule has 0 aliphatic rings. The van der Waals surface area contributed by atoms with Gasteiger partial charge in [-0.3, -0.25) is 0 Å². The summed E-state index contributed by atoms with van der Waals surface area (Å²) in [4.78, 5) is 21.4. The van der Waals surface area contributed by atoms with E-state index < -0.39 is 12.3 Å². The quantitative estimate of drug-likeness (QED) is 0.626. The second-order valence-electron chi connectivity index (χ2n) is 5.60. The van der Waals surface area contributed by atoms with E-state index >= 15 is 0 Å². The lowest BCUT2D eigenvalue weighted by Gasteiger charge is -2.17. The fourth-order valence-corrected chi connectivity index (χ4v) is 2.96. The molecule has 24 heavy (non-hydrogen) atoms. The number of carboxylic acid groups (broad SMARTS) is 2. The predicted molar refractivity (Wildman–Crippen MR) is 88.1 cm³/mol. The topological polar surface area (TPSA) is 93.1 Å². The van der Waals surface area contributed by atoms with Crippen molar-refractivity contribution < 1.29 is 29.3 Å². The number of ether oxygens (including phenoxy) is 2. The van der Waals surface area contributed by atoms with Crippen molar-refractivity contribution in [3.63, 3.8) is 0 Å². The Bertz CT molecular complexity index is 707. The van der Waals surface area contributed by atoms with Crippen LogP contribution in [0.3, 0.4) is 0 Å². The largest absolute Gasteiger partial charge is 0.511 e. The number of benzene rings is 2. The first-order valence-corrected chi connectivity index (χ1v) is 7.23. The van der Waals surface area contributed by atoms with Gasteiger partial charge in [-0.2, -0.15) is 0 Å². The number of aryl methyl sites for hydroxylation is 4. The molecule has 0 atom stereocenters. The molecule has 2 rings (SSSR count). The van der Waals surface area contributed by atoms with Crippen LogP contribution in [0.5, 0.6) is 11.5 Å². The molecule has 0 bridgehead atoms. The lowest BCUT2D eigenvalue weighted by molar-refractivity contribution is 0.143. The summed E-state index contributed by atoms with van der Waals surface area (Å²) in [5.74, 6) is 0.532. The van der Waals surface area contributed by atoms with Gasteiger partial charge in [0, 0.05) is 0 Å². The van der Waals surface area contributed by atoms with Crippen molar-refractivity contribution in [1.29, 1.82) is 0 Å². The molecule has 6 nitrogen and oxygen atoms in total. The molecule has 0 spiro atoms. The fraction of sp³-hybridized carbons (Fsp3) is 0.222. The molecule has 0 saturated carbocycles. The minimum atomic E-state index is -1.36. The summed E-state index contributed by atoms with van der Waals surface area (Å²) in [5, 5.41) is 17.5. The molecule has 0 aliphatic carbocycles. The van der Waals surface area contributed by atoms with E-state index in [9.17, 15) is 9.59 Å². The third kappa shape index (κ3) is 3.65. The highest BCUT2D eigenvalue weighted by atomic mass is 16.7. The maximum atomic E-state index is 10.7. The van der Waals surface area contributed by atoms with E-state index in [0.29, 0.717) is 0 Å². The highest BCUT2D eigenvalue weighted by molar-refractivity contribution is 5.79. The van der Waals surface area contributed by atoms with E-state index in [0.717, 1.165) is 33.4 Å². The first-order chi connectivity index (χ1) is 11.2. The molecule has 0 saturated heterocycles. The van der Waals surface area contributed by atoms with Crippen LogP contribution >= 0.6 is 0 Å². The molecule has 0 fully saturated rings. The van der Waals surface area contributed by atoms with Crippen molar-refractivity contribution >= 4 is 12.3 Å². The summed E-state index contributed by atoms with van der Waals surface area (Å²) < 4.78 is 9.44. The maximum Gasteiger partial charge on any atom is 0.511 e. The molecule has 2 aromatic rings. The SMILES string of the molecule is Cc1cc(OC(=O)O)cc(C)c1-c1c(C)cc(OC(=O)O)cc1C. The van der Waals surface area contributed by atoms with Crippen LogP contribution in [0.1, 0.15) is 22.3 Å². The molecular formula is C18H18O6. The zero-order chi connectivity index (χ0) is 18.0. The van der Waals surface area contributed by atoms with Crippen molar-refractivity contribution in [1.82, 2.24) is 0 Å². The van der Waals surface area contributed by atoms with Crippen molar-refractivity contribution in [2.24, 2.45) is 0 Å². The highest BCUT2D eigenvalue weighted by Crippen LogP contribution is 2.37. The van der Waals surface area contributed by atoms with Crippen LogP contribution in [0, 0.1) is 27.7 Å². The zero-order valence-corrected chi connectivity index (χ0v) is 13.8. The lowest BCUT2D eigenvalue weighted by atomic mass is 9.89. The molecule has 126 valence electrons. The summed E-state index contributed by atoms with van der Waals surface area (Å²) in [6.45, 7) is 7.49. The molecule has 0 aromatic heterocycles. The number of rotatable bonds is 3. The first-order valence-electron chi connectivity index (χ1n) is 7.23. The molecular weight excluding hydrogens is 312 g/mol. The number of hydrogen-bond donors (Lipinski definition) is 2. The van der Waals surface area contributed by atoms with Gasteiger partial charge in [0.15, 0.2) is 0 Å². The highest BCUT2D eigenvalue weighted by Gasteiger charge is 2.16. The minimum absolute atomic E-state index is 0.266. The molecule has 0 radical (unpaired) electrons. The Morgan fingerprint density at radius 1 is 0.667 bits per heavy atom. The Kier molecular flexibility index (Phi) is 4.78. The molecule has 0 aliphatic heterocycles. The lowest BCUT2D eigenvalue weighted by Crippen LogP contribution is -2.05. The van der Waals surface area contributed by atoms with Gasteiger partial charge in [0.1, 0.15) is 11.5 Å². The van der Waals surface area contributed by atoms with Gasteiger partial charge in [-0.15, -0.1) is 0 Å². The normalized spacial score (nSPS) is 10.3. The van der Waals surface area contributed by atoms with Gasteiger partial charge >= 0.3 is 12.3 Å². The van der Waals surface area contributed by atoms with Gasteiger partial charge in [0.05, 0.1) is 0 Å². The summed E-state index contributed by atoms with van der Waals surface area (Å²) >= 11 is 0. The van der Waals surface area contributed by atoms with Gasteiger partial charge in [0.2, 0.25) is 0 Å². The summed E-state index contributed by atoms with van der Waals surface area (Å²) in [6.07, 6.45) is -2.71. The monoisotopic (exact) mass is 330 g/mol. The summed E-state index contributed by atoms with van der Waals surface area (Å²) in [6, 6.07) is 6.65. The summed E-state index contributed by atoms with van der Waals surface area (Å²) in [7, 11) is 0. The van der Waals surface area contributed by atoms with E-state index in [-0.39, 0.29) is 11.5 Å². The Morgan fingerprint density at radius 3 is 1.12 bits per heavy atom. The van der Waals surface area contributed by atoms with Crippen LogP contribution in [0.25, 0.3) is 11.1 Å². The second kappa shape index (κ2) is 6.62. The van der Waals surface area contributed by atoms with Gasteiger partial charge < -0.3 is 19.7 Å². The standard InChI is InChI=1S/C18H18O6/c1-9-5-13(23-17(19)20)6-10(2)15(9)16-11(3)7-14(8-12(16)4)24-18(21)22/h5-8H,1-4H3,(H,19,20)(H,21,22). The van der Waals surface area contributed by atoms with Crippen LogP contribution in [0.4, 0.5) is 9.59 Å². The van der Waals surface area contributed by atoms with Crippen LogP contribution in [0.15, 0.2) is 24.3 Å². The Hall–Kier alpha value is -3.02. The molecule has 2 aromatic carbocycles. The van der Waals surface area contributed by atoms with E-state index in [4.69, 9.17) is 19.7 Å². The third-order valence-electron chi connectivity index (χ3n) is 3.67. The predicted octanol–water partition coefficient (Wildman–Crippen LogP) is 4.70. The van der Waals surface area contributed by atoms with E-state index in [1.165, 1.54) is 0 Å². The van der Waals surface area contributed by atoms with Crippen LogP contribution < -0.4 is 9.47 Å². The molecule has 0 heterocycles. The van der Waals surface area contributed by atoms with E-state index in [2.05, 4.69) is 0 Å².